The maximum atomic E-state index is 11.1. The third-order valence-electron chi connectivity index (χ3n) is 2.72. The molecule has 0 amide bonds. The highest BCUT2D eigenvalue weighted by Gasteiger charge is 2.03. The molecule has 0 saturated heterocycles. The molecular weight excluding hydrogens is 264 g/mol. The number of carbonyl (C=O) groups is 2. The summed E-state index contributed by atoms with van der Waals surface area (Å²) in [6.07, 6.45) is 6.36. The lowest BCUT2D eigenvalue weighted by Gasteiger charge is -2.04. The Morgan fingerprint density at radius 1 is 0.650 bits per heavy atom. The van der Waals surface area contributed by atoms with Crippen LogP contribution in [0.4, 0.5) is 0 Å². The van der Waals surface area contributed by atoms with Crippen LogP contribution in [-0.2, 0) is 19.1 Å². The molecule has 0 saturated carbocycles. The van der Waals surface area contributed by atoms with E-state index in [9.17, 15) is 9.59 Å². The second kappa shape index (κ2) is 14.3. The molecule has 0 atom stereocenters. The van der Waals surface area contributed by atoms with Crippen molar-refractivity contribution in [2.75, 3.05) is 26.4 Å². The van der Waals surface area contributed by atoms with Gasteiger partial charge in [-0.1, -0.05) is 25.7 Å². The van der Waals surface area contributed by atoms with E-state index in [4.69, 9.17) is 19.7 Å². The van der Waals surface area contributed by atoms with Crippen LogP contribution >= 0.6 is 0 Å². The maximum Gasteiger partial charge on any atom is 0.305 e. The van der Waals surface area contributed by atoms with Crippen LogP contribution in [-0.4, -0.2) is 48.6 Å². The van der Waals surface area contributed by atoms with Gasteiger partial charge < -0.3 is 19.7 Å². The van der Waals surface area contributed by atoms with Gasteiger partial charge in [0.15, 0.2) is 0 Å². The fraction of sp³-hybridized carbons (Fsp3) is 0.857. The van der Waals surface area contributed by atoms with E-state index < -0.39 is 0 Å². The van der Waals surface area contributed by atoms with Crippen LogP contribution in [0.15, 0.2) is 0 Å². The maximum absolute atomic E-state index is 11.1. The molecular formula is C14H26O6. The second-order valence-electron chi connectivity index (χ2n) is 4.51. The molecule has 0 aliphatic heterocycles. The van der Waals surface area contributed by atoms with E-state index in [-0.39, 0.29) is 38.4 Å². The highest BCUT2D eigenvalue weighted by molar-refractivity contribution is 5.69. The van der Waals surface area contributed by atoms with E-state index in [0.29, 0.717) is 12.8 Å². The van der Waals surface area contributed by atoms with Gasteiger partial charge in [0.1, 0.15) is 13.2 Å². The van der Waals surface area contributed by atoms with E-state index in [1.54, 1.807) is 0 Å². The van der Waals surface area contributed by atoms with Crippen molar-refractivity contribution < 1.29 is 29.3 Å². The van der Waals surface area contributed by atoms with Crippen LogP contribution in [0.1, 0.15) is 51.4 Å². The minimum absolute atomic E-state index is 0.0746. The number of ether oxygens (including phenoxy) is 2. The SMILES string of the molecule is O=C(CCCCCCCCC(=O)OCCO)OCCO. The molecule has 0 unspecified atom stereocenters. The van der Waals surface area contributed by atoms with E-state index in [2.05, 4.69) is 0 Å². The Kier molecular flexibility index (Phi) is 13.5. The van der Waals surface area contributed by atoms with Crippen LogP contribution in [0, 0.1) is 0 Å². The van der Waals surface area contributed by atoms with Crippen LogP contribution in [0.25, 0.3) is 0 Å². The molecule has 0 fully saturated rings. The number of aliphatic hydroxyl groups is 2. The van der Waals surface area contributed by atoms with Gasteiger partial charge in [-0.25, -0.2) is 0 Å². The second-order valence-corrected chi connectivity index (χ2v) is 4.51. The molecule has 0 radical (unpaired) electrons. The summed E-state index contributed by atoms with van der Waals surface area (Å²) in [5.74, 6) is -0.517. The molecule has 0 spiro atoms. The molecule has 2 N–H and O–H groups in total. The third-order valence-corrected chi connectivity index (χ3v) is 2.72. The number of hydrogen-bond acceptors (Lipinski definition) is 6. The van der Waals surface area contributed by atoms with Gasteiger partial charge in [-0.05, 0) is 12.8 Å². The summed E-state index contributed by atoms with van der Waals surface area (Å²) in [5.41, 5.74) is 0. The highest BCUT2D eigenvalue weighted by Crippen LogP contribution is 2.09. The lowest BCUT2D eigenvalue weighted by atomic mass is 10.1. The number of carbonyl (C=O) groups excluding carboxylic acids is 2. The number of aliphatic hydroxyl groups excluding tert-OH is 2. The summed E-state index contributed by atoms with van der Waals surface area (Å²) in [6, 6.07) is 0. The van der Waals surface area contributed by atoms with Gasteiger partial charge in [-0.2, -0.15) is 0 Å². The first-order valence-corrected chi connectivity index (χ1v) is 7.23. The number of unbranched alkanes of at least 4 members (excludes halogenated alkanes) is 5. The number of rotatable bonds is 13. The molecule has 0 aliphatic carbocycles. The number of hydrogen-bond donors (Lipinski definition) is 2. The first-order chi connectivity index (χ1) is 9.70. The van der Waals surface area contributed by atoms with E-state index in [1.807, 2.05) is 0 Å². The zero-order valence-corrected chi connectivity index (χ0v) is 12.0. The quantitative estimate of drug-likeness (QED) is 0.391. The largest absolute Gasteiger partial charge is 0.463 e. The van der Waals surface area contributed by atoms with Gasteiger partial charge in [-0.15, -0.1) is 0 Å². The van der Waals surface area contributed by atoms with Crippen LogP contribution in [0.2, 0.25) is 0 Å². The summed E-state index contributed by atoms with van der Waals surface area (Å²) in [5, 5.41) is 16.9. The van der Waals surface area contributed by atoms with Crippen molar-refractivity contribution in [1.82, 2.24) is 0 Å². The average molecular weight is 290 g/mol. The molecule has 6 nitrogen and oxygen atoms in total. The first-order valence-electron chi connectivity index (χ1n) is 7.23. The molecule has 0 aromatic carbocycles. The Morgan fingerprint density at radius 3 is 1.35 bits per heavy atom. The van der Waals surface area contributed by atoms with Crippen molar-refractivity contribution in [2.24, 2.45) is 0 Å². The lowest BCUT2D eigenvalue weighted by Crippen LogP contribution is -2.08. The summed E-state index contributed by atoms with van der Waals surface area (Å²) in [4.78, 5) is 22.2. The average Bonchev–Trinajstić information content (AvgIpc) is 2.45. The standard InChI is InChI=1S/C14H26O6/c15-9-11-19-13(17)7-5-3-1-2-4-6-8-14(18)20-12-10-16/h15-16H,1-12H2. The molecule has 0 rings (SSSR count). The molecule has 118 valence electrons. The van der Waals surface area contributed by atoms with Gasteiger partial charge >= 0.3 is 11.9 Å². The topological polar surface area (TPSA) is 93.1 Å². The van der Waals surface area contributed by atoms with Crippen molar-refractivity contribution in [2.45, 2.75) is 51.4 Å². The Labute approximate surface area is 120 Å². The van der Waals surface area contributed by atoms with Gasteiger partial charge in [0.05, 0.1) is 13.2 Å². The molecule has 0 bridgehead atoms. The molecule has 0 aromatic heterocycles. The highest BCUT2D eigenvalue weighted by atomic mass is 16.5. The van der Waals surface area contributed by atoms with Gasteiger partial charge in [0.25, 0.3) is 0 Å². The van der Waals surface area contributed by atoms with Crippen LogP contribution in [0.5, 0.6) is 0 Å². The Bertz CT molecular complexity index is 228. The summed E-state index contributed by atoms with van der Waals surface area (Å²) < 4.78 is 9.47. The van der Waals surface area contributed by atoms with Crippen molar-refractivity contribution in [3.8, 4) is 0 Å². The summed E-state index contributed by atoms with van der Waals surface area (Å²) in [6.45, 7) is -0.116. The monoisotopic (exact) mass is 290 g/mol. The number of esters is 2. The van der Waals surface area contributed by atoms with E-state index in [0.717, 1.165) is 38.5 Å². The Morgan fingerprint density at radius 2 is 1.00 bits per heavy atom. The molecule has 20 heavy (non-hydrogen) atoms. The van der Waals surface area contributed by atoms with Gasteiger partial charge in [0.2, 0.25) is 0 Å². The smallest absolute Gasteiger partial charge is 0.305 e. The molecule has 0 heterocycles. The predicted octanol–water partition coefficient (Wildman–Crippen LogP) is 1.18. The lowest BCUT2D eigenvalue weighted by molar-refractivity contribution is -0.145. The zero-order chi connectivity index (χ0) is 15.1. The van der Waals surface area contributed by atoms with Crippen molar-refractivity contribution >= 4 is 11.9 Å². The fourth-order valence-electron chi connectivity index (χ4n) is 1.71. The molecule has 0 aromatic rings. The third kappa shape index (κ3) is 13.3. The minimum atomic E-state index is -0.259. The first kappa shape index (κ1) is 18.9. The van der Waals surface area contributed by atoms with Gasteiger partial charge in [0, 0.05) is 12.8 Å². The van der Waals surface area contributed by atoms with E-state index >= 15 is 0 Å². The van der Waals surface area contributed by atoms with Crippen LogP contribution in [0.3, 0.4) is 0 Å². The summed E-state index contributed by atoms with van der Waals surface area (Å²) >= 11 is 0. The van der Waals surface area contributed by atoms with E-state index in [1.165, 1.54) is 0 Å². The van der Waals surface area contributed by atoms with Crippen molar-refractivity contribution in [3.05, 3.63) is 0 Å². The molecule has 0 aliphatic rings. The van der Waals surface area contributed by atoms with Crippen LogP contribution < -0.4 is 0 Å². The van der Waals surface area contributed by atoms with Crippen molar-refractivity contribution in [3.63, 3.8) is 0 Å². The Balaban J connectivity index is 3.20. The predicted molar refractivity (Wildman–Crippen MR) is 73.0 cm³/mol. The Hall–Kier alpha value is -1.14. The zero-order valence-electron chi connectivity index (χ0n) is 12.0. The van der Waals surface area contributed by atoms with Gasteiger partial charge in [-0.3, -0.25) is 9.59 Å². The minimum Gasteiger partial charge on any atom is -0.463 e. The summed E-state index contributed by atoms with van der Waals surface area (Å²) in [7, 11) is 0. The fourth-order valence-corrected chi connectivity index (χ4v) is 1.71. The van der Waals surface area contributed by atoms with Crippen molar-refractivity contribution in [1.29, 1.82) is 0 Å². The molecule has 6 heteroatoms. The normalized spacial score (nSPS) is 10.3.